The fourth-order valence-corrected chi connectivity index (χ4v) is 7.09. The smallest absolute Gasteiger partial charge is 0.245 e. The molecule has 0 atom stereocenters. The van der Waals surface area contributed by atoms with Crippen LogP contribution in [0.5, 0.6) is 0 Å². The van der Waals surface area contributed by atoms with Gasteiger partial charge in [0.25, 0.3) is 0 Å². The zero-order chi connectivity index (χ0) is 24.2. The van der Waals surface area contributed by atoms with Gasteiger partial charge in [-0.15, -0.1) is 23.5 Å². The highest BCUT2D eigenvalue weighted by atomic mass is 32.2. The fraction of sp³-hybridized carbons (Fsp3) is 0.462. The van der Waals surface area contributed by atoms with Gasteiger partial charge in [0.2, 0.25) is 16.1 Å². The molecule has 2 aromatic carbocycles. The van der Waals surface area contributed by atoms with Crippen molar-refractivity contribution in [1.29, 1.82) is 0 Å². The average Bonchev–Trinajstić information content (AvgIpc) is 2.68. The lowest BCUT2D eigenvalue weighted by Crippen LogP contribution is -2.72. The Hall–Kier alpha value is -1.92. The number of carbonyl (C=O) groups excluding carboxylic acids is 2. The lowest BCUT2D eigenvalue weighted by Gasteiger charge is -2.56. The Morgan fingerprint density at radius 3 is 1.16 bits per heavy atom. The third-order valence-electron chi connectivity index (χ3n) is 6.29. The van der Waals surface area contributed by atoms with Crippen molar-refractivity contribution >= 4 is 46.7 Å². The summed E-state index contributed by atoms with van der Waals surface area (Å²) in [6.45, 7) is 15.8. The molecule has 0 spiro atoms. The summed E-state index contributed by atoms with van der Waals surface area (Å²) in [6, 6.07) is 8.43. The molecule has 2 aromatic rings. The van der Waals surface area contributed by atoms with E-state index in [0.717, 1.165) is 44.8 Å². The number of hydrogen-bond acceptors (Lipinski definition) is 4. The van der Waals surface area contributed by atoms with Crippen LogP contribution in [0, 0.1) is 47.0 Å². The molecule has 0 aromatic heterocycles. The lowest BCUT2D eigenvalue weighted by atomic mass is 9.86. The first kappa shape index (κ1) is 24.7. The minimum absolute atomic E-state index is 0.167. The SMILES string of the molecule is CSC1(SC)N(c2c(C)cc(C)cc2C)C(=O)C(C)(C)C(=O)N1c1c(C)cc(C)cc1C. The molecule has 3 rings (SSSR count). The molecule has 1 aliphatic rings. The van der Waals surface area contributed by atoms with E-state index in [1.165, 1.54) is 23.5 Å². The quantitative estimate of drug-likeness (QED) is 0.389. The summed E-state index contributed by atoms with van der Waals surface area (Å²) in [4.78, 5) is 31.8. The van der Waals surface area contributed by atoms with Gasteiger partial charge in [-0.3, -0.25) is 19.4 Å². The molecule has 0 N–H and O–H groups in total. The van der Waals surface area contributed by atoms with Gasteiger partial charge in [0.05, 0.1) is 11.4 Å². The second-order valence-corrected chi connectivity index (χ2v) is 11.6. The van der Waals surface area contributed by atoms with Crippen molar-refractivity contribution in [3.8, 4) is 0 Å². The maximum Gasteiger partial charge on any atom is 0.245 e. The predicted octanol–water partition coefficient (Wildman–Crippen LogP) is 6.28. The lowest BCUT2D eigenvalue weighted by molar-refractivity contribution is -0.141. The minimum Gasteiger partial charge on any atom is -0.273 e. The van der Waals surface area contributed by atoms with Crippen LogP contribution in [0.2, 0.25) is 0 Å². The Morgan fingerprint density at radius 1 is 0.625 bits per heavy atom. The second kappa shape index (κ2) is 8.45. The average molecular weight is 471 g/mol. The van der Waals surface area contributed by atoms with Crippen molar-refractivity contribution in [2.75, 3.05) is 22.3 Å². The summed E-state index contributed by atoms with van der Waals surface area (Å²) < 4.78 is -0.945. The fourth-order valence-electron chi connectivity index (χ4n) is 4.99. The van der Waals surface area contributed by atoms with E-state index in [4.69, 9.17) is 0 Å². The van der Waals surface area contributed by atoms with E-state index in [0.29, 0.717) is 0 Å². The van der Waals surface area contributed by atoms with Crippen LogP contribution in [0.4, 0.5) is 11.4 Å². The maximum atomic E-state index is 14.0. The summed E-state index contributed by atoms with van der Waals surface area (Å²) in [5.41, 5.74) is 7.03. The normalized spacial score (nSPS) is 17.8. The molecular weight excluding hydrogens is 436 g/mol. The monoisotopic (exact) mass is 470 g/mol. The van der Waals surface area contributed by atoms with Gasteiger partial charge in [-0.1, -0.05) is 35.4 Å². The third kappa shape index (κ3) is 3.56. The van der Waals surface area contributed by atoms with Crippen molar-refractivity contribution in [3.05, 3.63) is 57.6 Å². The second-order valence-electron chi connectivity index (χ2n) is 9.36. The van der Waals surface area contributed by atoms with Crippen LogP contribution >= 0.6 is 23.5 Å². The van der Waals surface area contributed by atoms with Gasteiger partial charge in [-0.25, -0.2) is 0 Å². The number of benzene rings is 2. The Kier molecular flexibility index (Phi) is 6.53. The van der Waals surface area contributed by atoms with E-state index in [2.05, 4.69) is 38.1 Å². The molecule has 6 heteroatoms. The summed E-state index contributed by atoms with van der Waals surface area (Å²) in [7, 11) is 0. The number of amides is 2. The molecule has 32 heavy (non-hydrogen) atoms. The van der Waals surface area contributed by atoms with Crippen molar-refractivity contribution in [2.45, 2.75) is 59.7 Å². The van der Waals surface area contributed by atoms with E-state index < -0.39 is 9.74 Å². The highest BCUT2D eigenvalue weighted by molar-refractivity contribution is 8.18. The van der Waals surface area contributed by atoms with E-state index in [-0.39, 0.29) is 11.8 Å². The molecule has 1 heterocycles. The van der Waals surface area contributed by atoms with E-state index in [1.54, 1.807) is 13.8 Å². The standard InChI is InChI=1S/C26H34N2O2S2/c1-15-11-17(3)21(18(4)12-15)27-23(29)25(7,8)24(30)28(26(27,31-9)32-10)22-19(5)13-16(2)14-20(22)6/h11-14H,1-10H3. The van der Waals surface area contributed by atoms with Crippen molar-refractivity contribution in [1.82, 2.24) is 0 Å². The molecule has 0 radical (unpaired) electrons. The number of anilines is 2. The van der Waals surface area contributed by atoms with Gasteiger partial charge < -0.3 is 0 Å². The Balaban J connectivity index is 2.44. The summed E-state index contributed by atoms with van der Waals surface area (Å²) in [5, 5.41) is 0. The first-order valence-corrected chi connectivity index (χ1v) is 13.2. The van der Waals surface area contributed by atoms with Gasteiger partial charge in [0, 0.05) is 0 Å². The molecule has 172 valence electrons. The van der Waals surface area contributed by atoms with Crippen molar-refractivity contribution in [3.63, 3.8) is 0 Å². The first-order chi connectivity index (χ1) is 14.8. The number of nitrogens with zero attached hydrogens (tertiary/aromatic N) is 2. The van der Waals surface area contributed by atoms with Gasteiger partial charge in [-0.2, -0.15) is 0 Å². The van der Waals surface area contributed by atoms with Gasteiger partial charge in [0.15, 0.2) is 0 Å². The molecule has 1 aliphatic heterocycles. The highest BCUT2D eigenvalue weighted by Crippen LogP contribution is 2.54. The van der Waals surface area contributed by atoms with Crippen LogP contribution in [0.15, 0.2) is 24.3 Å². The summed E-state index contributed by atoms with van der Waals surface area (Å²) >= 11 is 3.05. The number of carbonyl (C=O) groups is 2. The van der Waals surface area contributed by atoms with E-state index in [1.807, 2.05) is 50.0 Å². The van der Waals surface area contributed by atoms with E-state index in [9.17, 15) is 9.59 Å². The van der Waals surface area contributed by atoms with Gasteiger partial charge >= 0.3 is 0 Å². The number of hydrogen-bond donors (Lipinski definition) is 0. The van der Waals surface area contributed by atoms with E-state index >= 15 is 0 Å². The van der Waals surface area contributed by atoms with Crippen LogP contribution in [-0.4, -0.2) is 28.7 Å². The molecule has 4 nitrogen and oxygen atoms in total. The Morgan fingerprint density at radius 2 is 0.906 bits per heavy atom. The van der Waals surface area contributed by atoms with Gasteiger partial charge in [-0.05, 0) is 90.2 Å². The molecule has 0 unspecified atom stereocenters. The first-order valence-electron chi connectivity index (χ1n) is 10.8. The van der Waals surface area contributed by atoms with Crippen LogP contribution in [0.25, 0.3) is 0 Å². The minimum atomic E-state index is -1.19. The molecule has 0 bridgehead atoms. The number of thioether (sulfide) groups is 2. The highest BCUT2D eigenvalue weighted by Gasteiger charge is 2.61. The van der Waals surface area contributed by atoms with Crippen LogP contribution in [-0.2, 0) is 9.59 Å². The molecule has 0 aliphatic carbocycles. The molecular formula is C26H34N2O2S2. The van der Waals surface area contributed by atoms with Crippen LogP contribution in [0.3, 0.4) is 0 Å². The predicted molar refractivity (Wildman–Crippen MR) is 140 cm³/mol. The molecule has 0 saturated carbocycles. The third-order valence-corrected chi connectivity index (χ3v) is 9.08. The molecule has 2 amide bonds. The Bertz CT molecular complexity index is 975. The van der Waals surface area contributed by atoms with Crippen LogP contribution in [0.1, 0.15) is 47.2 Å². The zero-order valence-electron chi connectivity index (χ0n) is 20.8. The zero-order valence-corrected chi connectivity index (χ0v) is 22.5. The topological polar surface area (TPSA) is 40.6 Å². The van der Waals surface area contributed by atoms with Crippen LogP contribution < -0.4 is 9.80 Å². The van der Waals surface area contributed by atoms with Crippen molar-refractivity contribution in [2.24, 2.45) is 5.41 Å². The van der Waals surface area contributed by atoms with Gasteiger partial charge in [0.1, 0.15) is 5.41 Å². The largest absolute Gasteiger partial charge is 0.273 e. The van der Waals surface area contributed by atoms with Crippen molar-refractivity contribution < 1.29 is 9.59 Å². The maximum absolute atomic E-state index is 14.0. The Labute approximate surface area is 201 Å². The summed E-state index contributed by atoms with van der Waals surface area (Å²) in [5.74, 6) is -0.333. The number of rotatable bonds is 4. The summed E-state index contributed by atoms with van der Waals surface area (Å²) in [6.07, 6.45) is 3.96. The number of aryl methyl sites for hydroxylation is 6. The molecule has 1 saturated heterocycles. The molecule has 1 fully saturated rings.